The highest BCUT2D eigenvalue weighted by atomic mass is 35.5. The molecule has 0 atom stereocenters. The third-order valence-electron chi connectivity index (χ3n) is 4.33. The summed E-state index contributed by atoms with van der Waals surface area (Å²) in [7, 11) is 0. The van der Waals surface area contributed by atoms with E-state index < -0.39 is 0 Å². The summed E-state index contributed by atoms with van der Waals surface area (Å²) in [6, 6.07) is 15.6. The Morgan fingerprint density at radius 2 is 1.79 bits per heavy atom. The predicted molar refractivity (Wildman–Crippen MR) is 110 cm³/mol. The Labute approximate surface area is 172 Å². The van der Waals surface area contributed by atoms with E-state index in [1.54, 1.807) is 6.07 Å². The highest BCUT2D eigenvalue weighted by Gasteiger charge is 2.17. The molecule has 0 saturated heterocycles. The zero-order valence-corrected chi connectivity index (χ0v) is 17.0. The molecule has 8 heteroatoms. The SMILES string of the molecule is CCn1c(SCc2nc(-c3ccccc3Cl)no2)nnc1-c1ccccc1C. The average molecular weight is 412 g/mol. The molecule has 0 saturated carbocycles. The monoisotopic (exact) mass is 411 g/mol. The summed E-state index contributed by atoms with van der Waals surface area (Å²) in [5, 5.41) is 14.2. The molecule has 0 radical (unpaired) electrons. The lowest BCUT2D eigenvalue weighted by molar-refractivity contribution is 0.391. The molecule has 2 aromatic heterocycles. The van der Waals surface area contributed by atoms with Crippen molar-refractivity contribution in [3.63, 3.8) is 0 Å². The highest BCUT2D eigenvalue weighted by molar-refractivity contribution is 7.98. The van der Waals surface area contributed by atoms with Gasteiger partial charge in [-0.3, -0.25) is 0 Å². The van der Waals surface area contributed by atoms with Crippen molar-refractivity contribution in [3.05, 3.63) is 65.0 Å². The van der Waals surface area contributed by atoms with Gasteiger partial charge < -0.3 is 9.09 Å². The molecule has 0 unspecified atom stereocenters. The van der Waals surface area contributed by atoms with E-state index in [-0.39, 0.29) is 0 Å². The van der Waals surface area contributed by atoms with Crippen molar-refractivity contribution in [2.24, 2.45) is 0 Å². The first-order valence-electron chi connectivity index (χ1n) is 8.87. The van der Waals surface area contributed by atoms with Gasteiger partial charge in [-0.15, -0.1) is 10.2 Å². The van der Waals surface area contributed by atoms with Gasteiger partial charge in [0.25, 0.3) is 0 Å². The van der Waals surface area contributed by atoms with E-state index in [1.807, 2.05) is 30.3 Å². The second-order valence-electron chi connectivity index (χ2n) is 6.15. The van der Waals surface area contributed by atoms with Crippen LogP contribution in [-0.4, -0.2) is 24.9 Å². The summed E-state index contributed by atoms with van der Waals surface area (Å²) in [6.07, 6.45) is 0. The highest BCUT2D eigenvalue weighted by Crippen LogP contribution is 2.29. The van der Waals surface area contributed by atoms with Gasteiger partial charge in [0, 0.05) is 17.7 Å². The van der Waals surface area contributed by atoms with Gasteiger partial charge in [-0.2, -0.15) is 4.98 Å². The number of benzene rings is 2. The molecule has 2 heterocycles. The number of rotatable bonds is 6. The first-order chi connectivity index (χ1) is 13.7. The fourth-order valence-electron chi connectivity index (χ4n) is 2.90. The van der Waals surface area contributed by atoms with Gasteiger partial charge in [0.15, 0.2) is 11.0 Å². The summed E-state index contributed by atoms with van der Waals surface area (Å²) in [6.45, 7) is 4.93. The normalized spacial score (nSPS) is 11.1. The minimum atomic E-state index is 0.485. The first-order valence-corrected chi connectivity index (χ1v) is 10.2. The van der Waals surface area contributed by atoms with E-state index in [9.17, 15) is 0 Å². The third kappa shape index (κ3) is 3.68. The summed E-state index contributed by atoms with van der Waals surface area (Å²) < 4.78 is 7.48. The average Bonchev–Trinajstić information content (AvgIpc) is 3.33. The van der Waals surface area contributed by atoms with Gasteiger partial charge in [0.2, 0.25) is 11.7 Å². The molecule has 0 aliphatic rings. The van der Waals surface area contributed by atoms with E-state index in [2.05, 4.69) is 50.9 Å². The Hall–Kier alpha value is -2.64. The van der Waals surface area contributed by atoms with Crippen molar-refractivity contribution in [1.29, 1.82) is 0 Å². The molecule has 4 rings (SSSR count). The Bertz CT molecular complexity index is 1110. The summed E-state index contributed by atoms with van der Waals surface area (Å²) in [5.74, 6) is 2.37. The van der Waals surface area contributed by atoms with Crippen LogP contribution in [0.15, 0.2) is 58.2 Å². The van der Waals surface area contributed by atoms with Crippen LogP contribution in [0, 0.1) is 6.92 Å². The molecule has 0 aliphatic heterocycles. The third-order valence-corrected chi connectivity index (χ3v) is 5.61. The van der Waals surface area contributed by atoms with Crippen LogP contribution < -0.4 is 0 Å². The second kappa shape index (κ2) is 8.16. The molecule has 142 valence electrons. The van der Waals surface area contributed by atoms with Gasteiger partial charge in [-0.05, 0) is 31.5 Å². The lowest BCUT2D eigenvalue weighted by atomic mass is 10.1. The van der Waals surface area contributed by atoms with Gasteiger partial charge in [0.05, 0.1) is 10.8 Å². The Balaban J connectivity index is 1.54. The van der Waals surface area contributed by atoms with Crippen LogP contribution in [0.4, 0.5) is 0 Å². The minimum absolute atomic E-state index is 0.485. The Morgan fingerprint density at radius 1 is 1.04 bits per heavy atom. The van der Waals surface area contributed by atoms with Crippen LogP contribution >= 0.6 is 23.4 Å². The van der Waals surface area contributed by atoms with E-state index >= 15 is 0 Å². The summed E-state index contributed by atoms with van der Waals surface area (Å²) in [5.41, 5.74) is 3.01. The lowest BCUT2D eigenvalue weighted by Crippen LogP contribution is -2.00. The van der Waals surface area contributed by atoms with Crippen molar-refractivity contribution < 1.29 is 4.52 Å². The molecular weight excluding hydrogens is 394 g/mol. The van der Waals surface area contributed by atoms with Crippen LogP contribution in [0.1, 0.15) is 18.4 Å². The van der Waals surface area contributed by atoms with E-state index in [1.165, 1.54) is 17.3 Å². The zero-order valence-electron chi connectivity index (χ0n) is 15.5. The van der Waals surface area contributed by atoms with Gasteiger partial charge in [-0.25, -0.2) is 0 Å². The van der Waals surface area contributed by atoms with Crippen LogP contribution in [0.3, 0.4) is 0 Å². The van der Waals surface area contributed by atoms with E-state index in [0.29, 0.717) is 22.5 Å². The molecule has 0 amide bonds. The second-order valence-corrected chi connectivity index (χ2v) is 7.50. The summed E-state index contributed by atoms with van der Waals surface area (Å²) >= 11 is 7.72. The molecule has 28 heavy (non-hydrogen) atoms. The fraction of sp³-hybridized carbons (Fsp3) is 0.200. The number of hydrogen-bond donors (Lipinski definition) is 0. The molecule has 0 bridgehead atoms. The molecule has 4 aromatic rings. The van der Waals surface area contributed by atoms with Crippen molar-refractivity contribution in [2.75, 3.05) is 0 Å². The molecule has 0 N–H and O–H groups in total. The van der Waals surface area contributed by atoms with Gasteiger partial charge >= 0.3 is 0 Å². The van der Waals surface area contributed by atoms with Crippen molar-refractivity contribution in [1.82, 2.24) is 24.9 Å². The first kappa shape index (κ1) is 18.7. The number of halogens is 1. The predicted octanol–water partition coefficient (Wildman–Crippen LogP) is 5.27. The molecule has 0 spiro atoms. The maximum atomic E-state index is 6.21. The topological polar surface area (TPSA) is 69.6 Å². The number of aromatic nitrogens is 5. The van der Waals surface area contributed by atoms with Crippen LogP contribution in [0.5, 0.6) is 0 Å². The van der Waals surface area contributed by atoms with Crippen molar-refractivity contribution in [3.8, 4) is 22.8 Å². The van der Waals surface area contributed by atoms with E-state index in [4.69, 9.17) is 16.1 Å². The molecule has 6 nitrogen and oxygen atoms in total. The maximum absolute atomic E-state index is 6.21. The molecule has 0 fully saturated rings. The Kier molecular flexibility index (Phi) is 5.45. The quantitative estimate of drug-likeness (QED) is 0.402. The standard InChI is InChI=1S/C20H18ClN5OS/c1-3-26-19(14-9-5-4-8-13(14)2)23-24-20(26)28-12-17-22-18(25-27-17)15-10-6-7-11-16(15)21/h4-11H,3,12H2,1-2H3. The van der Waals surface area contributed by atoms with Crippen molar-refractivity contribution in [2.45, 2.75) is 31.3 Å². The van der Waals surface area contributed by atoms with Gasteiger partial charge in [-0.1, -0.05) is 64.9 Å². The largest absolute Gasteiger partial charge is 0.338 e. The minimum Gasteiger partial charge on any atom is -0.338 e. The molecular formula is C20H18ClN5OS. The maximum Gasteiger partial charge on any atom is 0.237 e. The van der Waals surface area contributed by atoms with Crippen LogP contribution in [0.2, 0.25) is 5.02 Å². The van der Waals surface area contributed by atoms with Gasteiger partial charge in [0.1, 0.15) is 0 Å². The van der Waals surface area contributed by atoms with Crippen LogP contribution in [-0.2, 0) is 12.3 Å². The summed E-state index contributed by atoms with van der Waals surface area (Å²) in [4.78, 5) is 4.45. The molecule has 0 aliphatic carbocycles. The van der Waals surface area contributed by atoms with E-state index in [0.717, 1.165) is 28.7 Å². The number of nitrogens with zero attached hydrogens (tertiary/aromatic N) is 5. The van der Waals surface area contributed by atoms with Crippen LogP contribution in [0.25, 0.3) is 22.8 Å². The molecule has 2 aromatic carbocycles. The smallest absolute Gasteiger partial charge is 0.237 e. The zero-order chi connectivity index (χ0) is 19.5. The fourth-order valence-corrected chi connectivity index (χ4v) is 3.96. The lowest BCUT2D eigenvalue weighted by Gasteiger charge is -2.08. The number of aryl methyl sites for hydroxylation is 1. The Morgan fingerprint density at radius 3 is 2.54 bits per heavy atom. The van der Waals surface area contributed by atoms with Crippen molar-refractivity contribution >= 4 is 23.4 Å². The number of thioether (sulfide) groups is 1. The number of hydrogen-bond acceptors (Lipinski definition) is 6.